The zero-order chi connectivity index (χ0) is 15.0. The van der Waals surface area contributed by atoms with Crippen LogP contribution in [0, 0.1) is 31.4 Å². The van der Waals surface area contributed by atoms with Gasteiger partial charge in [0, 0.05) is 19.0 Å². The highest BCUT2D eigenvalue weighted by Gasteiger charge is 2.26. The lowest BCUT2D eigenvalue weighted by Crippen LogP contribution is -2.34. The van der Waals surface area contributed by atoms with Gasteiger partial charge in [-0.1, -0.05) is 23.2 Å². The fraction of sp³-hybridized carbons (Fsp3) is 0.286. The minimum Gasteiger partial charge on any atom is -0.618 e. The van der Waals surface area contributed by atoms with Crippen LogP contribution in [0.15, 0.2) is 6.07 Å². The Morgan fingerprint density at radius 3 is 2.60 bits per heavy atom. The SMILES string of the molecule is C#Cc1c(Cl)c(-c2c(C)cc(Cl)c(C)[n+]2[O-])nn1CC. The van der Waals surface area contributed by atoms with Gasteiger partial charge in [-0.05, 0) is 25.8 Å². The molecule has 2 rings (SSSR count). The highest BCUT2D eigenvalue weighted by Crippen LogP contribution is 2.31. The second-order valence-corrected chi connectivity index (χ2v) is 5.16. The summed E-state index contributed by atoms with van der Waals surface area (Å²) in [5.41, 5.74) is 2.32. The van der Waals surface area contributed by atoms with Crippen molar-refractivity contribution >= 4 is 23.2 Å². The number of nitrogens with zero attached hydrogens (tertiary/aromatic N) is 3. The van der Waals surface area contributed by atoms with Gasteiger partial charge in [0.2, 0.25) is 11.4 Å². The summed E-state index contributed by atoms with van der Waals surface area (Å²) in [4.78, 5) is 0. The second-order valence-electron chi connectivity index (χ2n) is 4.37. The molecule has 0 spiro atoms. The van der Waals surface area contributed by atoms with E-state index in [2.05, 4.69) is 11.0 Å². The number of hydrogen-bond acceptors (Lipinski definition) is 2. The van der Waals surface area contributed by atoms with Crippen molar-refractivity contribution in [2.45, 2.75) is 27.3 Å². The van der Waals surface area contributed by atoms with Crippen LogP contribution < -0.4 is 4.73 Å². The quantitative estimate of drug-likeness (QED) is 0.486. The van der Waals surface area contributed by atoms with E-state index in [0.29, 0.717) is 44.9 Å². The largest absolute Gasteiger partial charge is 0.618 e. The molecule has 0 fully saturated rings. The Labute approximate surface area is 127 Å². The van der Waals surface area contributed by atoms with Gasteiger partial charge >= 0.3 is 0 Å². The Hall–Kier alpha value is -1.70. The highest BCUT2D eigenvalue weighted by molar-refractivity contribution is 6.34. The van der Waals surface area contributed by atoms with E-state index in [9.17, 15) is 5.21 Å². The van der Waals surface area contributed by atoms with Crippen LogP contribution in [0.2, 0.25) is 10.0 Å². The molecule has 0 aliphatic rings. The molecular weight excluding hydrogens is 297 g/mol. The summed E-state index contributed by atoms with van der Waals surface area (Å²) in [6.45, 7) is 5.90. The number of rotatable bonds is 2. The summed E-state index contributed by atoms with van der Waals surface area (Å²) in [6, 6.07) is 1.72. The average Bonchev–Trinajstić information content (AvgIpc) is 2.73. The first-order chi connectivity index (χ1) is 9.42. The number of halogens is 2. The molecule has 4 nitrogen and oxygen atoms in total. The summed E-state index contributed by atoms with van der Waals surface area (Å²) in [6.07, 6.45) is 5.45. The smallest absolute Gasteiger partial charge is 0.249 e. The maximum Gasteiger partial charge on any atom is 0.249 e. The molecule has 0 aliphatic carbocycles. The van der Waals surface area contributed by atoms with Crippen LogP contribution in [0.4, 0.5) is 0 Å². The standard InChI is InChI=1S/C14H13Cl2N3O/c1-5-11-12(16)13(17-18(11)6-2)14-8(3)7-10(15)9(4)19(14)20/h1,7H,6H2,2-4H3. The molecule has 0 bridgehead atoms. The van der Waals surface area contributed by atoms with Gasteiger partial charge in [0.1, 0.15) is 15.7 Å². The van der Waals surface area contributed by atoms with E-state index < -0.39 is 0 Å². The van der Waals surface area contributed by atoms with E-state index in [0.717, 1.165) is 4.73 Å². The molecule has 2 aromatic rings. The third-order valence-electron chi connectivity index (χ3n) is 3.13. The first kappa shape index (κ1) is 14.7. The van der Waals surface area contributed by atoms with E-state index in [1.54, 1.807) is 24.6 Å². The van der Waals surface area contributed by atoms with E-state index in [4.69, 9.17) is 29.6 Å². The molecule has 0 saturated heterocycles. The summed E-state index contributed by atoms with van der Waals surface area (Å²) < 4.78 is 2.34. The zero-order valence-electron chi connectivity index (χ0n) is 11.4. The molecule has 0 amide bonds. The highest BCUT2D eigenvalue weighted by atomic mass is 35.5. The molecule has 0 atom stereocenters. The number of aryl methyl sites for hydroxylation is 2. The van der Waals surface area contributed by atoms with Crippen molar-refractivity contribution in [3.8, 4) is 23.7 Å². The Balaban J connectivity index is 2.80. The fourth-order valence-corrected chi connectivity index (χ4v) is 2.55. The molecule has 2 aromatic heterocycles. The van der Waals surface area contributed by atoms with Crippen molar-refractivity contribution in [2.24, 2.45) is 0 Å². The van der Waals surface area contributed by atoms with Crippen molar-refractivity contribution in [3.63, 3.8) is 0 Å². The van der Waals surface area contributed by atoms with Crippen LogP contribution in [-0.4, -0.2) is 9.78 Å². The third kappa shape index (κ3) is 2.13. The van der Waals surface area contributed by atoms with E-state index in [1.807, 2.05) is 6.92 Å². The Bertz CT molecular complexity index is 729. The number of pyridine rings is 1. The van der Waals surface area contributed by atoms with Crippen molar-refractivity contribution in [3.05, 3.63) is 38.3 Å². The van der Waals surface area contributed by atoms with Crippen molar-refractivity contribution in [1.29, 1.82) is 0 Å². The van der Waals surface area contributed by atoms with Gasteiger partial charge in [0.05, 0.1) is 0 Å². The summed E-state index contributed by atoms with van der Waals surface area (Å²) in [5.74, 6) is 2.50. The van der Waals surface area contributed by atoms with Crippen LogP contribution in [0.25, 0.3) is 11.4 Å². The lowest BCUT2D eigenvalue weighted by atomic mass is 10.1. The van der Waals surface area contributed by atoms with Crippen LogP contribution in [0.3, 0.4) is 0 Å². The Kier molecular flexibility index (Phi) is 3.94. The summed E-state index contributed by atoms with van der Waals surface area (Å²) in [7, 11) is 0. The predicted molar refractivity (Wildman–Crippen MR) is 79.7 cm³/mol. The molecule has 104 valence electrons. The van der Waals surface area contributed by atoms with E-state index >= 15 is 0 Å². The number of hydrogen-bond donors (Lipinski definition) is 0. The van der Waals surface area contributed by atoms with Crippen molar-refractivity contribution in [2.75, 3.05) is 0 Å². The second kappa shape index (κ2) is 5.35. The van der Waals surface area contributed by atoms with Gasteiger partial charge in [0.25, 0.3) is 0 Å². The molecule has 0 radical (unpaired) electrons. The summed E-state index contributed by atoms with van der Waals surface area (Å²) in [5, 5.41) is 17.4. The van der Waals surface area contributed by atoms with Crippen LogP contribution in [0.5, 0.6) is 0 Å². The van der Waals surface area contributed by atoms with Crippen LogP contribution in [-0.2, 0) is 6.54 Å². The average molecular weight is 310 g/mol. The van der Waals surface area contributed by atoms with Crippen molar-refractivity contribution in [1.82, 2.24) is 9.78 Å². The molecule has 2 heterocycles. The third-order valence-corrected chi connectivity index (χ3v) is 3.87. The molecule has 0 unspecified atom stereocenters. The fourth-order valence-electron chi connectivity index (χ4n) is 2.03. The van der Waals surface area contributed by atoms with Gasteiger partial charge in [-0.15, -0.1) is 6.42 Å². The van der Waals surface area contributed by atoms with Crippen LogP contribution in [0.1, 0.15) is 23.9 Å². The normalized spacial score (nSPS) is 10.6. The van der Waals surface area contributed by atoms with Gasteiger partial charge in [-0.25, -0.2) is 0 Å². The number of terminal acetylenes is 1. The molecule has 20 heavy (non-hydrogen) atoms. The van der Waals surface area contributed by atoms with E-state index in [-0.39, 0.29) is 0 Å². The molecule has 0 aromatic carbocycles. The molecule has 6 heteroatoms. The van der Waals surface area contributed by atoms with Gasteiger partial charge in [-0.3, -0.25) is 4.68 Å². The topological polar surface area (TPSA) is 44.8 Å². The molecule has 0 N–H and O–H groups in total. The van der Waals surface area contributed by atoms with Gasteiger partial charge in [-0.2, -0.15) is 9.83 Å². The number of aromatic nitrogens is 3. The molecular formula is C14H13Cl2N3O. The maximum atomic E-state index is 12.3. The Morgan fingerprint density at radius 1 is 1.45 bits per heavy atom. The first-order valence-electron chi connectivity index (χ1n) is 6.04. The maximum absolute atomic E-state index is 12.3. The van der Waals surface area contributed by atoms with Gasteiger partial charge < -0.3 is 5.21 Å². The molecule has 0 saturated carbocycles. The van der Waals surface area contributed by atoms with Crippen molar-refractivity contribution < 1.29 is 4.73 Å². The lowest BCUT2D eigenvalue weighted by Gasteiger charge is -2.09. The van der Waals surface area contributed by atoms with Gasteiger partial charge in [0.15, 0.2) is 5.69 Å². The zero-order valence-corrected chi connectivity index (χ0v) is 12.9. The minimum absolute atomic E-state index is 0.309. The lowest BCUT2D eigenvalue weighted by molar-refractivity contribution is -0.601. The van der Waals surface area contributed by atoms with Crippen LogP contribution >= 0.6 is 23.2 Å². The monoisotopic (exact) mass is 309 g/mol. The predicted octanol–water partition coefficient (Wildman–Crippen LogP) is 3.11. The first-order valence-corrected chi connectivity index (χ1v) is 6.80. The van der Waals surface area contributed by atoms with E-state index in [1.165, 1.54) is 0 Å². The Morgan fingerprint density at radius 2 is 2.10 bits per heavy atom. The molecule has 0 aliphatic heterocycles. The summed E-state index contributed by atoms with van der Waals surface area (Å²) >= 11 is 12.3. The minimum atomic E-state index is 0.309.